The summed E-state index contributed by atoms with van der Waals surface area (Å²) in [5.41, 5.74) is 0. The van der Waals surface area contributed by atoms with Crippen LogP contribution in [0.15, 0.2) is 0 Å². The molecule has 0 saturated carbocycles. The van der Waals surface area contributed by atoms with Crippen molar-refractivity contribution in [2.75, 3.05) is 19.6 Å². The second-order valence-electron chi connectivity index (χ2n) is 3.34. The SMILES string of the molecule is CCN(CC)CC[CH2][Sn]([CH3])[CH3]. The first-order chi connectivity index (χ1) is 5.20. The molecule has 1 radical (unpaired) electrons. The van der Waals surface area contributed by atoms with Gasteiger partial charge in [-0.25, -0.2) is 0 Å². The van der Waals surface area contributed by atoms with Crippen molar-refractivity contribution < 1.29 is 0 Å². The van der Waals surface area contributed by atoms with Crippen LogP contribution in [-0.4, -0.2) is 44.3 Å². The fourth-order valence-corrected chi connectivity index (χ4v) is 3.67. The van der Waals surface area contributed by atoms with Crippen LogP contribution < -0.4 is 0 Å². The van der Waals surface area contributed by atoms with E-state index in [0.717, 1.165) is 0 Å². The van der Waals surface area contributed by atoms with Crippen molar-refractivity contribution in [2.45, 2.75) is 34.6 Å². The van der Waals surface area contributed by atoms with E-state index in [9.17, 15) is 0 Å². The molecule has 0 amide bonds. The number of nitrogens with zero attached hydrogens (tertiary/aromatic N) is 1. The molecule has 2 heteroatoms. The monoisotopic (exact) mass is 264 g/mol. The number of rotatable bonds is 6. The minimum atomic E-state index is -0.754. The molecule has 0 aromatic rings. The summed E-state index contributed by atoms with van der Waals surface area (Å²) in [6.45, 7) is 8.28. The molecule has 0 heterocycles. The van der Waals surface area contributed by atoms with Gasteiger partial charge in [0.15, 0.2) is 0 Å². The van der Waals surface area contributed by atoms with Gasteiger partial charge in [-0.1, -0.05) is 0 Å². The second-order valence-corrected chi connectivity index (χ2v) is 11.7. The van der Waals surface area contributed by atoms with E-state index in [0.29, 0.717) is 0 Å². The van der Waals surface area contributed by atoms with Gasteiger partial charge in [-0.3, -0.25) is 0 Å². The van der Waals surface area contributed by atoms with Crippen LogP contribution in [0.2, 0.25) is 14.3 Å². The fraction of sp³-hybridized carbons (Fsp3) is 1.00. The molecule has 0 atom stereocenters. The van der Waals surface area contributed by atoms with Crippen LogP contribution in [0, 0.1) is 0 Å². The van der Waals surface area contributed by atoms with Gasteiger partial charge in [0.2, 0.25) is 0 Å². The predicted octanol–water partition coefficient (Wildman–Crippen LogP) is 2.47. The van der Waals surface area contributed by atoms with Crippen LogP contribution in [0.5, 0.6) is 0 Å². The average Bonchev–Trinajstić information content (AvgIpc) is 1.98. The molecule has 0 unspecified atom stereocenters. The maximum absolute atomic E-state index is 2.52. The third-order valence-electron chi connectivity index (χ3n) is 2.05. The van der Waals surface area contributed by atoms with Crippen molar-refractivity contribution in [3.63, 3.8) is 0 Å². The number of hydrogen-bond donors (Lipinski definition) is 0. The Balaban J connectivity index is 3.21. The summed E-state index contributed by atoms with van der Waals surface area (Å²) in [5, 5.41) is 0. The zero-order valence-electron chi connectivity index (χ0n) is 8.48. The normalized spacial score (nSPS) is 11.5. The quantitative estimate of drug-likeness (QED) is 0.665. The van der Waals surface area contributed by atoms with Crippen molar-refractivity contribution in [3.8, 4) is 0 Å². The van der Waals surface area contributed by atoms with Crippen LogP contribution in [0.3, 0.4) is 0 Å². The molecule has 0 saturated heterocycles. The fourth-order valence-electron chi connectivity index (χ4n) is 1.20. The molecule has 0 spiro atoms. The molecule has 0 aliphatic heterocycles. The van der Waals surface area contributed by atoms with E-state index in [1.165, 1.54) is 26.1 Å². The van der Waals surface area contributed by atoms with Gasteiger partial charge in [0.1, 0.15) is 0 Å². The van der Waals surface area contributed by atoms with Crippen molar-refractivity contribution in [2.24, 2.45) is 0 Å². The van der Waals surface area contributed by atoms with E-state index in [1.807, 2.05) is 0 Å². The Labute approximate surface area is 78.9 Å². The Kier molecular flexibility index (Phi) is 7.92. The second kappa shape index (κ2) is 7.41. The zero-order chi connectivity index (χ0) is 8.69. The van der Waals surface area contributed by atoms with E-state index >= 15 is 0 Å². The summed E-state index contributed by atoms with van der Waals surface area (Å²) >= 11 is -0.754. The van der Waals surface area contributed by atoms with Gasteiger partial charge in [0.25, 0.3) is 0 Å². The van der Waals surface area contributed by atoms with E-state index in [2.05, 4.69) is 28.6 Å². The number of hydrogen-bond acceptors (Lipinski definition) is 1. The molecule has 0 aliphatic carbocycles. The van der Waals surface area contributed by atoms with Crippen molar-refractivity contribution in [1.82, 2.24) is 4.90 Å². The minimum absolute atomic E-state index is 0.754. The molecule has 0 bridgehead atoms. The zero-order valence-corrected chi connectivity index (χ0v) is 11.3. The summed E-state index contributed by atoms with van der Waals surface area (Å²) in [4.78, 5) is 7.50. The van der Waals surface area contributed by atoms with Crippen LogP contribution in [0.4, 0.5) is 0 Å². The summed E-state index contributed by atoms with van der Waals surface area (Å²) in [6, 6.07) is 0. The van der Waals surface area contributed by atoms with Gasteiger partial charge in [0.05, 0.1) is 0 Å². The topological polar surface area (TPSA) is 3.24 Å². The van der Waals surface area contributed by atoms with Crippen molar-refractivity contribution >= 4 is 19.8 Å². The summed E-state index contributed by atoms with van der Waals surface area (Å²) in [7, 11) is 0. The third kappa shape index (κ3) is 7.13. The average molecular weight is 263 g/mol. The molecule has 0 aromatic carbocycles. The Morgan fingerprint density at radius 3 is 2.00 bits per heavy atom. The summed E-state index contributed by atoms with van der Waals surface area (Å²) in [5.74, 6) is 0. The Morgan fingerprint density at radius 1 is 1.09 bits per heavy atom. The maximum atomic E-state index is 2.52. The third-order valence-corrected chi connectivity index (χ3v) is 5.91. The van der Waals surface area contributed by atoms with Gasteiger partial charge < -0.3 is 0 Å². The molecule has 1 nitrogen and oxygen atoms in total. The van der Waals surface area contributed by atoms with Crippen molar-refractivity contribution in [3.05, 3.63) is 0 Å². The Bertz CT molecular complexity index is 79.6. The summed E-state index contributed by atoms with van der Waals surface area (Å²) in [6.07, 6.45) is 1.45. The first-order valence-electron chi connectivity index (χ1n) is 4.72. The standard InChI is InChI=1S/C7H16N.2CH3.Sn/c1-4-7-8(5-2)6-3;;;/h1,4-7H2,2-3H3;2*1H3;. The molecule has 0 aromatic heterocycles. The van der Waals surface area contributed by atoms with Gasteiger partial charge >= 0.3 is 78.9 Å². The Morgan fingerprint density at radius 2 is 1.64 bits per heavy atom. The van der Waals surface area contributed by atoms with Gasteiger partial charge in [-0.2, -0.15) is 0 Å². The van der Waals surface area contributed by atoms with Gasteiger partial charge in [-0.15, -0.1) is 0 Å². The first-order valence-corrected chi connectivity index (χ1v) is 12.4. The van der Waals surface area contributed by atoms with E-state index < -0.39 is 19.8 Å². The molecule has 0 fully saturated rings. The van der Waals surface area contributed by atoms with Crippen LogP contribution in [-0.2, 0) is 0 Å². The van der Waals surface area contributed by atoms with Crippen LogP contribution in [0.25, 0.3) is 0 Å². The van der Waals surface area contributed by atoms with Crippen LogP contribution in [0.1, 0.15) is 20.3 Å². The van der Waals surface area contributed by atoms with Crippen LogP contribution >= 0.6 is 0 Å². The first kappa shape index (κ1) is 11.8. The van der Waals surface area contributed by atoms with E-state index in [1.54, 1.807) is 4.44 Å². The van der Waals surface area contributed by atoms with E-state index in [-0.39, 0.29) is 0 Å². The molecule has 0 aliphatic rings. The van der Waals surface area contributed by atoms with E-state index in [4.69, 9.17) is 0 Å². The van der Waals surface area contributed by atoms with Crippen molar-refractivity contribution in [1.29, 1.82) is 0 Å². The van der Waals surface area contributed by atoms with Gasteiger partial charge in [0, 0.05) is 0 Å². The van der Waals surface area contributed by atoms with Gasteiger partial charge in [-0.05, 0) is 0 Å². The molecular weight excluding hydrogens is 241 g/mol. The molecule has 11 heavy (non-hydrogen) atoms. The predicted molar refractivity (Wildman–Crippen MR) is 54.7 cm³/mol. The molecule has 67 valence electrons. The summed E-state index contributed by atoms with van der Waals surface area (Å²) < 4.78 is 1.57. The molecule has 0 rings (SSSR count). The molecular formula is C9H22NSn. The Hall–Kier alpha value is 0.759. The molecule has 0 N–H and O–H groups in total.